The first-order valence-corrected chi connectivity index (χ1v) is 8.86. The van der Waals surface area contributed by atoms with Gasteiger partial charge in [0.25, 0.3) is 0 Å². The zero-order valence-electron chi connectivity index (χ0n) is 14.1. The van der Waals surface area contributed by atoms with Crippen LogP contribution in [0.1, 0.15) is 52.9 Å². The first-order chi connectivity index (χ1) is 10.1. The van der Waals surface area contributed by atoms with Crippen molar-refractivity contribution in [1.82, 2.24) is 15.1 Å². The molecule has 4 heteroatoms. The van der Waals surface area contributed by atoms with E-state index in [4.69, 9.17) is 0 Å². The van der Waals surface area contributed by atoms with Crippen molar-refractivity contribution in [2.45, 2.75) is 65.0 Å². The minimum Gasteiger partial charge on any atom is -0.336 e. The van der Waals surface area contributed by atoms with E-state index in [0.29, 0.717) is 30.5 Å². The molecule has 1 amide bonds. The lowest BCUT2D eigenvalue weighted by Crippen LogP contribution is -2.51. The van der Waals surface area contributed by atoms with Gasteiger partial charge in [-0.15, -0.1) is 0 Å². The number of nitrogens with zero attached hydrogens (tertiary/aromatic N) is 2. The lowest BCUT2D eigenvalue weighted by molar-refractivity contribution is -0.138. The summed E-state index contributed by atoms with van der Waals surface area (Å²) in [6.07, 6.45) is 6.16. The third kappa shape index (κ3) is 4.68. The SMILES string of the molecule is CCN(CC(=O)N1C(C)CCCC1C)CC1CCCNC1. The van der Waals surface area contributed by atoms with Crippen LogP contribution in [0.2, 0.25) is 0 Å². The van der Waals surface area contributed by atoms with Crippen molar-refractivity contribution in [2.24, 2.45) is 5.92 Å². The van der Waals surface area contributed by atoms with Crippen LogP contribution in [0.15, 0.2) is 0 Å². The highest BCUT2D eigenvalue weighted by Crippen LogP contribution is 2.23. The lowest BCUT2D eigenvalue weighted by atomic mass is 9.97. The Morgan fingerprint density at radius 1 is 1.19 bits per heavy atom. The predicted octanol–water partition coefficient (Wildman–Crippen LogP) is 2.10. The third-order valence-electron chi connectivity index (χ3n) is 5.20. The molecule has 2 aliphatic rings. The Morgan fingerprint density at radius 2 is 1.90 bits per heavy atom. The maximum Gasteiger partial charge on any atom is 0.237 e. The first-order valence-electron chi connectivity index (χ1n) is 8.86. The largest absolute Gasteiger partial charge is 0.336 e. The van der Waals surface area contributed by atoms with Crippen molar-refractivity contribution in [3.05, 3.63) is 0 Å². The van der Waals surface area contributed by atoms with Gasteiger partial charge in [0.1, 0.15) is 0 Å². The van der Waals surface area contributed by atoms with Gasteiger partial charge in [0.2, 0.25) is 5.91 Å². The molecule has 3 unspecified atom stereocenters. The average molecular weight is 295 g/mol. The minimum atomic E-state index is 0.334. The molecule has 2 rings (SSSR count). The number of hydrogen-bond donors (Lipinski definition) is 1. The predicted molar refractivity (Wildman–Crippen MR) is 87.3 cm³/mol. The van der Waals surface area contributed by atoms with E-state index in [9.17, 15) is 4.79 Å². The fourth-order valence-corrected chi connectivity index (χ4v) is 3.94. The van der Waals surface area contributed by atoms with E-state index in [2.05, 4.69) is 35.9 Å². The Morgan fingerprint density at radius 3 is 2.48 bits per heavy atom. The fraction of sp³-hybridized carbons (Fsp3) is 0.941. The molecule has 0 aromatic carbocycles. The van der Waals surface area contributed by atoms with E-state index in [1.807, 2.05) is 0 Å². The Kier molecular flexibility index (Phi) is 6.49. The van der Waals surface area contributed by atoms with E-state index in [0.717, 1.165) is 39.0 Å². The highest BCUT2D eigenvalue weighted by molar-refractivity contribution is 5.79. The number of nitrogens with one attached hydrogen (secondary N) is 1. The van der Waals surface area contributed by atoms with Crippen LogP contribution in [-0.2, 0) is 4.79 Å². The zero-order valence-corrected chi connectivity index (χ0v) is 14.1. The van der Waals surface area contributed by atoms with Gasteiger partial charge < -0.3 is 10.2 Å². The normalized spacial score (nSPS) is 30.7. The van der Waals surface area contributed by atoms with Gasteiger partial charge in [-0.05, 0) is 71.5 Å². The van der Waals surface area contributed by atoms with Crippen molar-refractivity contribution in [1.29, 1.82) is 0 Å². The van der Waals surface area contributed by atoms with Crippen LogP contribution >= 0.6 is 0 Å². The molecule has 0 spiro atoms. The van der Waals surface area contributed by atoms with Crippen LogP contribution in [0.4, 0.5) is 0 Å². The van der Waals surface area contributed by atoms with Gasteiger partial charge in [-0.2, -0.15) is 0 Å². The average Bonchev–Trinajstić information content (AvgIpc) is 2.47. The van der Waals surface area contributed by atoms with Gasteiger partial charge in [-0.3, -0.25) is 9.69 Å². The number of rotatable bonds is 5. The molecule has 0 aromatic rings. The molecular weight excluding hydrogens is 262 g/mol. The van der Waals surface area contributed by atoms with Gasteiger partial charge in [-0.1, -0.05) is 6.92 Å². The van der Waals surface area contributed by atoms with Crippen molar-refractivity contribution >= 4 is 5.91 Å². The lowest BCUT2D eigenvalue weighted by Gasteiger charge is -2.40. The molecular formula is C17H33N3O. The molecule has 0 aliphatic carbocycles. The van der Waals surface area contributed by atoms with Gasteiger partial charge in [0, 0.05) is 18.6 Å². The van der Waals surface area contributed by atoms with Gasteiger partial charge in [-0.25, -0.2) is 0 Å². The molecule has 0 aromatic heterocycles. The smallest absolute Gasteiger partial charge is 0.237 e. The summed E-state index contributed by atoms with van der Waals surface area (Å²) < 4.78 is 0. The molecule has 0 radical (unpaired) electrons. The summed E-state index contributed by atoms with van der Waals surface area (Å²) in [7, 11) is 0. The number of piperidine rings is 2. The molecule has 2 aliphatic heterocycles. The van der Waals surface area contributed by atoms with Crippen LogP contribution in [-0.4, -0.2) is 60.5 Å². The van der Waals surface area contributed by atoms with Crippen molar-refractivity contribution in [3.63, 3.8) is 0 Å². The molecule has 0 bridgehead atoms. The fourth-order valence-electron chi connectivity index (χ4n) is 3.94. The van der Waals surface area contributed by atoms with Crippen LogP contribution in [0.3, 0.4) is 0 Å². The van der Waals surface area contributed by atoms with E-state index in [-0.39, 0.29) is 0 Å². The quantitative estimate of drug-likeness (QED) is 0.844. The van der Waals surface area contributed by atoms with Crippen LogP contribution in [0, 0.1) is 5.92 Å². The summed E-state index contributed by atoms with van der Waals surface area (Å²) in [6, 6.07) is 0.826. The topological polar surface area (TPSA) is 35.6 Å². The third-order valence-corrected chi connectivity index (χ3v) is 5.20. The van der Waals surface area contributed by atoms with Crippen LogP contribution in [0.5, 0.6) is 0 Å². The molecule has 122 valence electrons. The minimum absolute atomic E-state index is 0.334. The number of amides is 1. The molecule has 2 heterocycles. The summed E-state index contributed by atoms with van der Waals surface area (Å²) in [6.45, 7) is 11.5. The second-order valence-corrected chi connectivity index (χ2v) is 6.97. The number of carbonyl (C=O) groups excluding carboxylic acids is 1. The van der Waals surface area contributed by atoms with Crippen molar-refractivity contribution in [2.75, 3.05) is 32.7 Å². The summed E-state index contributed by atoms with van der Waals surface area (Å²) in [4.78, 5) is 17.2. The molecule has 1 N–H and O–H groups in total. The van der Waals surface area contributed by atoms with E-state index >= 15 is 0 Å². The first kappa shape index (κ1) is 16.8. The van der Waals surface area contributed by atoms with E-state index in [1.165, 1.54) is 19.3 Å². The number of hydrogen-bond acceptors (Lipinski definition) is 3. The summed E-state index contributed by atoms with van der Waals surface area (Å²) in [5.74, 6) is 1.04. The maximum atomic E-state index is 12.7. The summed E-state index contributed by atoms with van der Waals surface area (Å²) in [5, 5.41) is 3.47. The molecule has 21 heavy (non-hydrogen) atoms. The van der Waals surface area contributed by atoms with E-state index < -0.39 is 0 Å². The standard InChI is InChI=1S/C17H33N3O/c1-4-19(12-16-9-6-10-18-11-16)13-17(21)20-14(2)7-5-8-15(20)3/h14-16,18H,4-13H2,1-3H3. The molecule has 2 saturated heterocycles. The number of likely N-dealkylation sites (N-methyl/N-ethyl adjacent to an activating group) is 1. The summed E-state index contributed by atoms with van der Waals surface area (Å²) in [5.41, 5.74) is 0. The summed E-state index contributed by atoms with van der Waals surface area (Å²) >= 11 is 0. The zero-order chi connectivity index (χ0) is 15.2. The number of carbonyl (C=O) groups is 1. The highest BCUT2D eigenvalue weighted by Gasteiger charge is 2.29. The van der Waals surface area contributed by atoms with Crippen molar-refractivity contribution < 1.29 is 4.79 Å². The number of likely N-dealkylation sites (tertiary alicyclic amines) is 1. The maximum absolute atomic E-state index is 12.7. The van der Waals surface area contributed by atoms with Crippen LogP contribution in [0.25, 0.3) is 0 Å². The Bertz CT molecular complexity index is 318. The molecule has 2 fully saturated rings. The van der Waals surface area contributed by atoms with Crippen molar-refractivity contribution in [3.8, 4) is 0 Å². The van der Waals surface area contributed by atoms with Crippen LogP contribution < -0.4 is 5.32 Å². The molecule has 4 nitrogen and oxygen atoms in total. The Labute approximate surface area is 130 Å². The Hall–Kier alpha value is -0.610. The van der Waals surface area contributed by atoms with Gasteiger partial charge in [0.15, 0.2) is 0 Å². The molecule has 3 atom stereocenters. The second-order valence-electron chi connectivity index (χ2n) is 6.97. The van der Waals surface area contributed by atoms with E-state index in [1.54, 1.807) is 0 Å². The monoisotopic (exact) mass is 295 g/mol. The second kappa shape index (κ2) is 8.14. The Balaban J connectivity index is 1.86. The van der Waals surface area contributed by atoms with Gasteiger partial charge >= 0.3 is 0 Å². The highest BCUT2D eigenvalue weighted by atomic mass is 16.2. The molecule has 0 saturated carbocycles. The van der Waals surface area contributed by atoms with Gasteiger partial charge in [0.05, 0.1) is 6.54 Å².